The van der Waals surface area contributed by atoms with E-state index in [0.717, 1.165) is 37.4 Å². The zero-order valence-corrected chi connectivity index (χ0v) is 18.3. The van der Waals surface area contributed by atoms with Gasteiger partial charge in [-0.1, -0.05) is 44.8 Å². The van der Waals surface area contributed by atoms with Crippen LogP contribution in [0.3, 0.4) is 0 Å². The molecule has 27 heavy (non-hydrogen) atoms. The fourth-order valence-corrected chi connectivity index (χ4v) is 4.19. The van der Waals surface area contributed by atoms with E-state index in [1.165, 1.54) is 12.0 Å². The number of hydrogen-bond acceptors (Lipinski definition) is 3. The molecule has 0 aliphatic carbocycles. The molecule has 1 aliphatic rings. The highest BCUT2D eigenvalue weighted by molar-refractivity contribution is 8.00. The van der Waals surface area contributed by atoms with Gasteiger partial charge < -0.3 is 0 Å². The molecule has 0 radical (unpaired) electrons. The minimum atomic E-state index is -0.222. The van der Waals surface area contributed by atoms with Crippen molar-refractivity contribution in [2.45, 2.75) is 38.4 Å². The second kappa shape index (κ2) is 10.3. The van der Waals surface area contributed by atoms with Gasteiger partial charge in [0.15, 0.2) is 0 Å². The van der Waals surface area contributed by atoms with Gasteiger partial charge in [-0.25, -0.2) is 4.39 Å². The third-order valence-electron chi connectivity index (χ3n) is 4.82. The Morgan fingerprint density at radius 2 is 2.07 bits per heavy atom. The second-order valence-corrected chi connectivity index (χ2v) is 9.93. The molecule has 0 fully saturated rings. The summed E-state index contributed by atoms with van der Waals surface area (Å²) in [5, 5.41) is 0. The maximum absolute atomic E-state index is 14.4. The monoisotopic (exact) mass is 388 g/mol. The molecule has 1 aliphatic heterocycles. The van der Waals surface area contributed by atoms with Crippen LogP contribution in [0, 0.1) is 17.7 Å². The zero-order valence-electron chi connectivity index (χ0n) is 17.4. The molecule has 0 atom stereocenters. The molecule has 0 saturated heterocycles. The molecular weight excluding hydrogens is 355 g/mol. The summed E-state index contributed by atoms with van der Waals surface area (Å²) in [5.41, 5.74) is 2.72. The molecule has 1 aromatic rings. The SMILES string of the molecule is CCSC(C)(C)CCN1CC=C(c2ccc(C#CCN(C)C)c(F)c2)CC1. The molecule has 0 unspecified atom stereocenters. The summed E-state index contributed by atoms with van der Waals surface area (Å²) >= 11 is 2.03. The van der Waals surface area contributed by atoms with E-state index in [1.807, 2.05) is 42.9 Å². The molecule has 1 heterocycles. The topological polar surface area (TPSA) is 6.48 Å². The largest absolute Gasteiger partial charge is 0.299 e. The number of thioether (sulfide) groups is 1. The van der Waals surface area contributed by atoms with Gasteiger partial charge in [-0.2, -0.15) is 11.8 Å². The number of nitrogens with zero attached hydrogens (tertiary/aromatic N) is 2. The maximum atomic E-state index is 14.4. The minimum absolute atomic E-state index is 0.222. The Labute approximate surface area is 169 Å². The van der Waals surface area contributed by atoms with Crippen molar-refractivity contribution in [3.63, 3.8) is 0 Å². The Morgan fingerprint density at radius 3 is 2.67 bits per heavy atom. The Bertz CT molecular complexity index is 713. The molecule has 0 aromatic heterocycles. The van der Waals surface area contributed by atoms with Crippen LogP contribution in [0.25, 0.3) is 5.57 Å². The van der Waals surface area contributed by atoms with E-state index in [0.29, 0.717) is 16.9 Å². The van der Waals surface area contributed by atoms with Crippen molar-refractivity contribution in [3.05, 3.63) is 41.2 Å². The first kappa shape index (κ1) is 22.0. The Morgan fingerprint density at radius 1 is 1.30 bits per heavy atom. The first-order valence-electron chi connectivity index (χ1n) is 9.79. The average molecular weight is 389 g/mol. The lowest BCUT2D eigenvalue weighted by Crippen LogP contribution is -2.33. The quantitative estimate of drug-likeness (QED) is 0.623. The molecule has 148 valence electrons. The van der Waals surface area contributed by atoms with Crippen LogP contribution in [0.5, 0.6) is 0 Å². The summed E-state index contributed by atoms with van der Waals surface area (Å²) in [6, 6.07) is 5.46. The van der Waals surface area contributed by atoms with Gasteiger partial charge >= 0.3 is 0 Å². The van der Waals surface area contributed by atoms with E-state index in [9.17, 15) is 4.39 Å². The van der Waals surface area contributed by atoms with E-state index in [-0.39, 0.29) is 5.82 Å². The first-order chi connectivity index (χ1) is 12.8. The molecule has 1 aromatic carbocycles. The van der Waals surface area contributed by atoms with Crippen LogP contribution in [-0.2, 0) is 0 Å². The highest BCUT2D eigenvalue weighted by Crippen LogP contribution is 2.29. The predicted molar refractivity (Wildman–Crippen MR) is 118 cm³/mol. The van der Waals surface area contributed by atoms with E-state index in [2.05, 4.69) is 43.6 Å². The maximum Gasteiger partial charge on any atom is 0.139 e. The van der Waals surface area contributed by atoms with Gasteiger partial charge in [0.05, 0.1) is 12.1 Å². The van der Waals surface area contributed by atoms with E-state index in [4.69, 9.17) is 0 Å². The minimum Gasteiger partial charge on any atom is -0.299 e. The first-order valence-corrected chi connectivity index (χ1v) is 10.8. The van der Waals surface area contributed by atoms with Crippen molar-refractivity contribution in [2.24, 2.45) is 0 Å². The molecule has 0 saturated carbocycles. The molecule has 0 spiro atoms. The number of halogens is 1. The summed E-state index contributed by atoms with van der Waals surface area (Å²) in [7, 11) is 3.91. The molecule has 4 heteroatoms. The van der Waals surface area contributed by atoms with Crippen LogP contribution < -0.4 is 0 Å². The van der Waals surface area contributed by atoms with Gasteiger partial charge in [0.25, 0.3) is 0 Å². The lowest BCUT2D eigenvalue weighted by atomic mass is 9.97. The van der Waals surface area contributed by atoms with Crippen LogP contribution >= 0.6 is 11.8 Å². The summed E-state index contributed by atoms with van der Waals surface area (Å²) in [5.74, 6) is 6.86. The molecule has 0 amide bonds. The average Bonchev–Trinajstić information content (AvgIpc) is 2.61. The summed E-state index contributed by atoms with van der Waals surface area (Å²) in [6.45, 7) is 10.6. The van der Waals surface area contributed by atoms with E-state index >= 15 is 0 Å². The van der Waals surface area contributed by atoms with Crippen molar-refractivity contribution in [1.82, 2.24) is 9.80 Å². The van der Waals surface area contributed by atoms with Crippen LogP contribution in [0.15, 0.2) is 24.3 Å². The smallest absolute Gasteiger partial charge is 0.139 e. The number of benzene rings is 1. The van der Waals surface area contributed by atoms with Gasteiger partial charge in [0.2, 0.25) is 0 Å². The molecule has 0 N–H and O–H groups in total. The Balaban J connectivity index is 1.95. The van der Waals surface area contributed by atoms with Crippen molar-refractivity contribution >= 4 is 17.3 Å². The van der Waals surface area contributed by atoms with Gasteiger partial charge in [-0.05, 0) is 62.5 Å². The predicted octanol–water partition coefficient (Wildman–Crippen LogP) is 4.75. The summed E-state index contributed by atoms with van der Waals surface area (Å²) in [4.78, 5) is 4.47. The summed E-state index contributed by atoms with van der Waals surface area (Å²) < 4.78 is 14.7. The van der Waals surface area contributed by atoms with Crippen LogP contribution in [-0.4, -0.2) is 60.6 Å². The fraction of sp³-hybridized carbons (Fsp3) is 0.565. The summed E-state index contributed by atoms with van der Waals surface area (Å²) in [6.07, 6.45) is 4.44. The molecule has 0 bridgehead atoms. The molecule has 2 rings (SSSR count). The second-order valence-electron chi connectivity index (χ2n) is 7.96. The molecule has 2 nitrogen and oxygen atoms in total. The van der Waals surface area contributed by atoms with Crippen molar-refractivity contribution in [1.29, 1.82) is 0 Å². The fourth-order valence-electron chi connectivity index (χ4n) is 3.18. The van der Waals surface area contributed by atoms with Gasteiger partial charge in [0, 0.05) is 17.8 Å². The number of rotatable bonds is 7. The van der Waals surface area contributed by atoms with Crippen molar-refractivity contribution in [2.75, 3.05) is 46.0 Å². The Kier molecular flexibility index (Phi) is 8.41. The van der Waals surface area contributed by atoms with E-state index in [1.54, 1.807) is 6.07 Å². The highest BCUT2D eigenvalue weighted by Gasteiger charge is 2.20. The molecular formula is C23H33FN2S. The highest BCUT2D eigenvalue weighted by atomic mass is 32.2. The third kappa shape index (κ3) is 7.33. The van der Waals surface area contributed by atoms with E-state index < -0.39 is 0 Å². The lowest BCUT2D eigenvalue weighted by molar-refractivity contribution is 0.288. The zero-order chi connectivity index (χ0) is 19.9. The lowest BCUT2D eigenvalue weighted by Gasteiger charge is -2.31. The van der Waals surface area contributed by atoms with Crippen LogP contribution in [0.1, 0.15) is 44.7 Å². The van der Waals surface area contributed by atoms with Gasteiger partial charge in [0.1, 0.15) is 5.82 Å². The Hall–Kier alpha value is -1.28. The van der Waals surface area contributed by atoms with Gasteiger partial charge in [-0.3, -0.25) is 9.80 Å². The van der Waals surface area contributed by atoms with Crippen LogP contribution in [0.2, 0.25) is 0 Å². The van der Waals surface area contributed by atoms with Crippen molar-refractivity contribution in [3.8, 4) is 11.8 Å². The van der Waals surface area contributed by atoms with Crippen LogP contribution in [0.4, 0.5) is 4.39 Å². The normalized spacial score (nSPS) is 15.4. The number of hydrogen-bond donors (Lipinski definition) is 0. The van der Waals surface area contributed by atoms with Gasteiger partial charge in [-0.15, -0.1) is 0 Å². The third-order valence-corrected chi connectivity index (χ3v) is 6.09. The van der Waals surface area contributed by atoms with Crippen molar-refractivity contribution < 1.29 is 4.39 Å². The standard InChI is InChI=1S/C23H33FN2S/c1-6-27-23(2,3)13-17-26-15-11-19(12-16-26)21-10-9-20(22(24)18-21)8-7-14-25(4)5/h9-11,18H,6,12-17H2,1-5H3.